The highest BCUT2D eigenvalue weighted by Gasteiger charge is 2.09. The maximum Gasteiger partial charge on any atom is 0.255 e. The first-order valence-corrected chi connectivity index (χ1v) is 4.90. The number of sulfonamides is 1. The van der Waals surface area contributed by atoms with E-state index in [2.05, 4.69) is 11.6 Å². The van der Waals surface area contributed by atoms with Gasteiger partial charge in [-0.25, -0.2) is 18.5 Å². The average Bonchev–Trinajstić information content (AvgIpc) is 1.97. The van der Waals surface area contributed by atoms with E-state index in [-0.39, 0.29) is 10.2 Å². The van der Waals surface area contributed by atoms with Gasteiger partial charge in [0.25, 0.3) is 10.0 Å². The summed E-state index contributed by atoms with van der Waals surface area (Å²) in [5.74, 6) is 0. The van der Waals surface area contributed by atoms with E-state index in [9.17, 15) is 8.42 Å². The van der Waals surface area contributed by atoms with Crippen molar-refractivity contribution in [2.45, 2.75) is 6.92 Å². The first kappa shape index (κ1) is 11.4. The Morgan fingerprint density at radius 1 is 1.67 bits per heavy atom. The fourth-order valence-electron chi connectivity index (χ4n) is 0.395. The van der Waals surface area contributed by atoms with Crippen molar-refractivity contribution < 1.29 is 8.42 Å². The van der Waals surface area contributed by atoms with Gasteiger partial charge in [-0.15, -0.1) is 0 Å². The molecule has 68 valence electrons. The molecule has 0 aromatic heterocycles. The van der Waals surface area contributed by atoms with Crippen molar-refractivity contribution in [2.24, 2.45) is 10.1 Å². The van der Waals surface area contributed by atoms with Gasteiger partial charge in [0.1, 0.15) is 5.16 Å². The van der Waals surface area contributed by atoms with E-state index in [1.54, 1.807) is 6.92 Å². The quantitative estimate of drug-likeness (QED) is 0.417. The lowest BCUT2D eigenvalue weighted by atomic mass is 10.6. The van der Waals surface area contributed by atoms with Crippen molar-refractivity contribution in [3.8, 4) is 0 Å². The number of aliphatic imine (C=N–C) groups is 1. The lowest BCUT2D eigenvalue weighted by molar-refractivity contribution is 0.609. The second-order valence-corrected chi connectivity index (χ2v) is 3.71. The van der Waals surface area contributed by atoms with Crippen LogP contribution in [0.25, 0.3) is 0 Å². The number of nitrogens with two attached hydrogens (primary N) is 1. The molecule has 0 amide bonds. The summed E-state index contributed by atoms with van der Waals surface area (Å²) in [5, 5.41) is 4.49. The van der Waals surface area contributed by atoms with Gasteiger partial charge in [-0.05, 0) is 13.0 Å². The third-order valence-electron chi connectivity index (χ3n) is 0.921. The van der Waals surface area contributed by atoms with Gasteiger partial charge in [-0.3, -0.25) is 0 Å². The zero-order chi connectivity index (χ0) is 9.78. The molecule has 0 aliphatic carbocycles. The number of hydrogen-bond donors (Lipinski definition) is 1. The predicted octanol–water partition coefficient (Wildman–Crippen LogP) is 0.960. The molecule has 6 heteroatoms. The first-order chi connectivity index (χ1) is 5.41. The van der Waals surface area contributed by atoms with Crippen molar-refractivity contribution in [3.63, 3.8) is 0 Å². The summed E-state index contributed by atoms with van der Waals surface area (Å²) in [6.45, 7) is 4.86. The van der Waals surface area contributed by atoms with Crippen molar-refractivity contribution in [1.29, 1.82) is 0 Å². The molecule has 0 heterocycles. The highest BCUT2D eigenvalue weighted by atomic mass is 35.5. The smallest absolute Gasteiger partial charge is 0.223 e. The molecule has 0 aliphatic heterocycles. The van der Waals surface area contributed by atoms with Crippen LogP contribution in [-0.2, 0) is 10.0 Å². The van der Waals surface area contributed by atoms with E-state index >= 15 is 0 Å². The Bertz CT molecular complexity index is 329. The Balaban J connectivity index is 5.08. The van der Waals surface area contributed by atoms with Gasteiger partial charge in [0.2, 0.25) is 0 Å². The SMILES string of the molecule is C=CC(=N/C(Cl)=C\C)S(N)(=O)=O. The summed E-state index contributed by atoms with van der Waals surface area (Å²) in [4.78, 5) is 3.50. The van der Waals surface area contributed by atoms with E-state index < -0.39 is 10.0 Å². The number of halogens is 1. The molecule has 0 fully saturated rings. The third-order valence-corrected chi connectivity index (χ3v) is 2.07. The van der Waals surface area contributed by atoms with Gasteiger partial charge in [-0.1, -0.05) is 24.3 Å². The van der Waals surface area contributed by atoms with E-state index in [1.807, 2.05) is 0 Å². The Hall–Kier alpha value is -0.650. The molecule has 0 saturated carbocycles. The average molecular weight is 209 g/mol. The van der Waals surface area contributed by atoms with Crippen LogP contribution < -0.4 is 5.14 Å². The van der Waals surface area contributed by atoms with Crippen LogP contribution in [0.1, 0.15) is 6.92 Å². The van der Waals surface area contributed by atoms with Crippen LogP contribution in [0.15, 0.2) is 28.9 Å². The van der Waals surface area contributed by atoms with E-state index in [1.165, 1.54) is 6.08 Å². The standard InChI is InChI=1S/C6H9ClN2O2S/c1-3-5(7)9-6(4-2)12(8,10)11/h3-4H,2H2,1H3,(H2,8,10,11)/b5-3-,9-6?. The topological polar surface area (TPSA) is 72.5 Å². The van der Waals surface area contributed by atoms with Gasteiger partial charge < -0.3 is 0 Å². The largest absolute Gasteiger partial charge is 0.255 e. The van der Waals surface area contributed by atoms with Gasteiger partial charge in [-0.2, -0.15) is 0 Å². The molecule has 0 aliphatic rings. The van der Waals surface area contributed by atoms with Crippen LogP contribution in [0, 0.1) is 0 Å². The number of rotatable bonds is 2. The molecule has 0 saturated heterocycles. The Labute approximate surface area is 76.5 Å². The zero-order valence-corrected chi connectivity index (χ0v) is 8.06. The molecule has 0 unspecified atom stereocenters. The molecule has 0 aromatic carbocycles. The summed E-state index contributed by atoms with van der Waals surface area (Å²) >= 11 is 5.45. The maximum atomic E-state index is 10.7. The normalized spacial score (nSPS) is 14.6. The van der Waals surface area contributed by atoms with E-state index in [0.717, 1.165) is 6.08 Å². The molecule has 0 atom stereocenters. The first-order valence-electron chi connectivity index (χ1n) is 2.97. The van der Waals surface area contributed by atoms with Gasteiger partial charge in [0.05, 0.1) is 0 Å². The predicted molar refractivity (Wildman–Crippen MR) is 50.3 cm³/mol. The lowest BCUT2D eigenvalue weighted by Crippen LogP contribution is -2.21. The summed E-state index contributed by atoms with van der Waals surface area (Å²) in [6, 6.07) is 0. The van der Waals surface area contributed by atoms with Crippen molar-refractivity contribution in [1.82, 2.24) is 0 Å². The Morgan fingerprint density at radius 3 is 2.42 bits per heavy atom. The second kappa shape index (κ2) is 4.39. The molecule has 4 nitrogen and oxygen atoms in total. The maximum absolute atomic E-state index is 10.7. The lowest BCUT2D eigenvalue weighted by Gasteiger charge is -1.95. The van der Waals surface area contributed by atoms with Crippen LogP contribution >= 0.6 is 11.6 Å². The second-order valence-electron chi connectivity index (χ2n) is 1.81. The fourth-order valence-corrected chi connectivity index (χ4v) is 0.994. The molecular weight excluding hydrogens is 200 g/mol. The van der Waals surface area contributed by atoms with Crippen molar-refractivity contribution in [2.75, 3.05) is 0 Å². The van der Waals surface area contributed by atoms with E-state index in [0.29, 0.717) is 0 Å². The van der Waals surface area contributed by atoms with Gasteiger partial charge >= 0.3 is 0 Å². The molecule has 0 bridgehead atoms. The van der Waals surface area contributed by atoms with Gasteiger partial charge in [0.15, 0.2) is 5.04 Å². The third kappa shape index (κ3) is 3.66. The molecule has 0 spiro atoms. The minimum Gasteiger partial charge on any atom is -0.223 e. The summed E-state index contributed by atoms with van der Waals surface area (Å²) in [5.41, 5.74) is 0. The minimum atomic E-state index is -3.81. The Morgan fingerprint density at radius 2 is 2.17 bits per heavy atom. The monoisotopic (exact) mass is 208 g/mol. The highest BCUT2D eigenvalue weighted by molar-refractivity contribution is 8.04. The number of allylic oxidation sites excluding steroid dienone is 1. The molecular formula is C6H9ClN2O2S. The van der Waals surface area contributed by atoms with Crippen LogP contribution in [0.4, 0.5) is 0 Å². The number of nitrogens with zero attached hydrogens (tertiary/aromatic N) is 1. The van der Waals surface area contributed by atoms with Crippen LogP contribution in [0.3, 0.4) is 0 Å². The molecule has 2 N–H and O–H groups in total. The summed E-state index contributed by atoms with van der Waals surface area (Å²) in [6.07, 6.45) is 2.47. The van der Waals surface area contributed by atoms with Crippen LogP contribution in [0.5, 0.6) is 0 Å². The zero-order valence-electron chi connectivity index (χ0n) is 6.49. The fraction of sp³-hybridized carbons (Fsp3) is 0.167. The molecule has 0 rings (SSSR count). The Kier molecular flexibility index (Phi) is 4.16. The molecule has 12 heavy (non-hydrogen) atoms. The van der Waals surface area contributed by atoms with Gasteiger partial charge in [0, 0.05) is 0 Å². The number of hydrogen-bond acceptors (Lipinski definition) is 3. The molecule has 0 radical (unpaired) electrons. The van der Waals surface area contributed by atoms with Crippen LogP contribution in [0.2, 0.25) is 0 Å². The van der Waals surface area contributed by atoms with Crippen molar-refractivity contribution >= 4 is 26.7 Å². The summed E-state index contributed by atoms with van der Waals surface area (Å²) in [7, 11) is -3.81. The van der Waals surface area contributed by atoms with Crippen molar-refractivity contribution in [3.05, 3.63) is 23.9 Å². The molecule has 0 aromatic rings. The highest BCUT2D eigenvalue weighted by Crippen LogP contribution is 2.04. The minimum absolute atomic E-state index is 0.0546. The number of primary sulfonamides is 1. The summed E-state index contributed by atoms with van der Waals surface area (Å²) < 4.78 is 21.4. The van der Waals surface area contributed by atoms with Crippen LogP contribution in [-0.4, -0.2) is 13.5 Å². The van der Waals surface area contributed by atoms with E-state index in [4.69, 9.17) is 16.7 Å².